The molecular weight excluding hydrogens is 256 g/mol. The van der Waals surface area contributed by atoms with Gasteiger partial charge in [0.15, 0.2) is 0 Å². The van der Waals surface area contributed by atoms with Gasteiger partial charge < -0.3 is 5.32 Å². The van der Waals surface area contributed by atoms with Crippen LogP contribution in [0.15, 0.2) is 33.7 Å². The molecule has 1 aliphatic heterocycles. The molecule has 1 saturated heterocycles. The van der Waals surface area contributed by atoms with Crippen molar-refractivity contribution in [3.05, 3.63) is 34.3 Å². The van der Waals surface area contributed by atoms with E-state index in [1.807, 2.05) is 24.3 Å². The van der Waals surface area contributed by atoms with E-state index in [9.17, 15) is 4.79 Å². The minimum absolute atomic E-state index is 0.0289. The highest BCUT2D eigenvalue weighted by Crippen LogP contribution is 2.11. The fourth-order valence-corrected chi connectivity index (χ4v) is 1.90. The van der Waals surface area contributed by atoms with Crippen LogP contribution in [0.3, 0.4) is 0 Å². The Morgan fingerprint density at radius 1 is 1.53 bits per heavy atom. The molecule has 15 heavy (non-hydrogen) atoms. The summed E-state index contributed by atoms with van der Waals surface area (Å²) in [5, 5.41) is 2.76. The van der Waals surface area contributed by atoms with Gasteiger partial charge in [-0.3, -0.25) is 9.79 Å². The van der Waals surface area contributed by atoms with Crippen LogP contribution in [-0.2, 0) is 4.79 Å². The zero-order valence-corrected chi connectivity index (χ0v) is 9.70. The van der Waals surface area contributed by atoms with Crippen molar-refractivity contribution < 1.29 is 4.79 Å². The predicted molar refractivity (Wildman–Crippen MR) is 63.2 cm³/mol. The number of amides is 1. The maximum absolute atomic E-state index is 11.2. The number of hydrogen-bond acceptors (Lipinski definition) is 2. The van der Waals surface area contributed by atoms with Crippen LogP contribution in [0.25, 0.3) is 0 Å². The molecule has 1 aromatic carbocycles. The highest BCUT2D eigenvalue weighted by atomic mass is 79.9. The maximum Gasteiger partial charge on any atom is 0.244 e. The second kappa shape index (κ2) is 4.57. The van der Waals surface area contributed by atoms with E-state index in [0.29, 0.717) is 0 Å². The van der Waals surface area contributed by atoms with Crippen molar-refractivity contribution in [2.24, 2.45) is 4.99 Å². The van der Waals surface area contributed by atoms with Gasteiger partial charge in [0.25, 0.3) is 0 Å². The molecule has 4 heteroatoms. The lowest BCUT2D eigenvalue weighted by molar-refractivity contribution is -0.120. The average Bonchev–Trinajstić information content (AvgIpc) is 2.61. The molecule has 1 amide bonds. The van der Waals surface area contributed by atoms with Gasteiger partial charge in [0.1, 0.15) is 6.04 Å². The lowest BCUT2D eigenvalue weighted by atomic mass is 10.2. The van der Waals surface area contributed by atoms with Gasteiger partial charge in [-0.05, 0) is 24.1 Å². The Morgan fingerprint density at radius 3 is 3.07 bits per heavy atom. The minimum Gasteiger partial charge on any atom is -0.354 e. The van der Waals surface area contributed by atoms with Crippen molar-refractivity contribution in [3.8, 4) is 0 Å². The normalized spacial score (nSPS) is 20.9. The molecule has 1 heterocycles. The third-order valence-corrected chi connectivity index (χ3v) is 2.77. The summed E-state index contributed by atoms with van der Waals surface area (Å²) in [5.74, 6) is 0.0289. The molecule has 0 radical (unpaired) electrons. The van der Waals surface area contributed by atoms with E-state index in [2.05, 4.69) is 26.2 Å². The number of benzene rings is 1. The van der Waals surface area contributed by atoms with Crippen molar-refractivity contribution in [1.29, 1.82) is 0 Å². The SMILES string of the molecule is O=C1NCCC1/N=C/c1cccc(Br)c1. The van der Waals surface area contributed by atoms with Crippen LogP contribution < -0.4 is 5.32 Å². The molecule has 2 rings (SSSR count). The average molecular weight is 267 g/mol. The van der Waals surface area contributed by atoms with Gasteiger partial charge in [-0.15, -0.1) is 0 Å². The van der Waals surface area contributed by atoms with Crippen molar-refractivity contribution in [3.63, 3.8) is 0 Å². The highest BCUT2D eigenvalue weighted by molar-refractivity contribution is 9.10. The maximum atomic E-state index is 11.2. The summed E-state index contributed by atoms with van der Waals surface area (Å²) < 4.78 is 1.02. The van der Waals surface area contributed by atoms with Crippen LogP contribution in [0.5, 0.6) is 0 Å². The first kappa shape index (κ1) is 10.4. The first-order valence-electron chi connectivity index (χ1n) is 4.82. The Kier molecular flexibility index (Phi) is 3.16. The van der Waals surface area contributed by atoms with Gasteiger partial charge in [0.05, 0.1) is 0 Å². The molecule has 1 fully saturated rings. The second-order valence-electron chi connectivity index (χ2n) is 3.43. The predicted octanol–water partition coefficient (Wildman–Crippen LogP) is 1.76. The summed E-state index contributed by atoms with van der Waals surface area (Å²) >= 11 is 3.39. The summed E-state index contributed by atoms with van der Waals surface area (Å²) in [6, 6.07) is 7.63. The summed E-state index contributed by atoms with van der Waals surface area (Å²) in [6.45, 7) is 0.735. The molecule has 1 aliphatic rings. The quantitative estimate of drug-likeness (QED) is 0.815. The molecule has 1 unspecified atom stereocenters. The molecule has 0 bridgehead atoms. The molecule has 78 valence electrons. The van der Waals surface area contributed by atoms with Crippen LogP contribution in [0.4, 0.5) is 0 Å². The molecular formula is C11H11BrN2O. The molecule has 0 saturated carbocycles. The van der Waals surface area contributed by atoms with Crippen LogP contribution in [0.1, 0.15) is 12.0 Å². The number of halogens is 1. The van der Waals surface area contributed by atoms with E-state index in [4.69, 9.17) is 0 Å². The molecule has 1 N–H and O–H groups in total. The first-order valence-corrected chi connectivity index (χ1v) is 5.61. The summed E-state index contributed by atoms with van der Waals surface area (Å²) in [7, 11) is 0. The Labute approximate surface area is 96.7 Å². The van der Waals surface area contributed by atoms with Gasteiger partial charge in [-0.1, -0.05) is 28.1 Å². The number of nitrogens with one attached hydrogen (secondary N) is 1. The summed E-state index contributed by atoms with van der Waals surface area (Å²) in [4.78, 5) is 15.5. The van der Waals surface area contributed by atoms with Gasteiger partial charge in [-0.2, -0.15) is 0 Å². The largest absolute Gasteiger partial charge is 0.354 e. The first-order chi connectivity index (χ1) is 7.25. The molecule has 1 atom stereocenters. The fourth-order valence-electron chi connectivity index (χ4n) is 1.49. The number of carbonyl (C=O) groups excluding carboxylic acids is 1. The molecule has 3 nitrogen and oxygen atoms in total. The van der Waals surface area contributed by atoms with Crippen LogP contribution in [0.2, 0.25) is 0 Å². The van der Waals surface area contributed by atoms with Crippen LogP contribution in [0, 0.1) is 0 Å². The minimum atomic E-state index is -0.205. The number of hydrogen-bond donors (Lipinski definition) is 1. The number of aliphatic imine (C=N–C) groups is 1. The highest BCUT2D eigenvalue weighted by Gasteiger charge is 2.21. The summed E-state index contributed by atoms with van der Waals surface area (Å²) in [6.07, 6.45) is 2.55. The van der Waals surface area contributed by atoms with E-state index in [0.717, 1.165) is 23.0 Å². The smallest absolute Gasteiger partial charge is 0.244 e. The lowest BCUT2D eigenvalue weighted by Crippen LogP contribution is -2.21. The van der Waals surface area contributed by atoms with Crippen molar-refractivity contribution >= 4 is 28.1 Å². The van der Waals surface area contributed by atoms with Gasteiger partial charge in [0.2, 0.25) is 5.91 Å². The number of nitrogens with zero attached hydrogens (tertiary/aromatic N) is 1. The Balaban J connectivity index is 2.08. The van der Waals surface area contributed by atoms with Gasteiger partial charge in [0, 0.05) is 17.2 Å². The van der Waals surface area contributed by atoms with E-state index in [1.165, 1.54) is 0 Å². The van der Waals surface area contributed by atoms with Gasteiger partial charge >= 0.3 is 0 Å². The molecule has 1 aromatic rings. The zero-order chi connectivity index (χ0) is 10.7. The third kappa shape index (κ3) is 2.65. The van der Waals surface area contributed by atoms with Crippen molar-refractivity contribution in [1.82, 2.24) is 5.32 Å². The Morgan fingerprint density at radius 2 is 2.40 bits per heavy atom. The third-order valence-electron chi connectivity index (χ3n) is 2.27. The lowest BCUT2D eigenvalue weighted by Gasteiger charge is -1.98. The zero-order valence-electron chi connectivity index (χ0n) is 8.11. The monoisotopic (exact) mass is 266 g/mol. The van der Waals surface area contributed by atoms with Gasteiger partial charge in [-0.25, -0.2) is 0 Å². The number of rotatable bonds is 2. The van der Waals surface area contributed by atoms with Crippen molar-refractivity contribution in [2.45, 2.75) is 12.5 Å². The van der Waals surface area contributed by atoms with E-state index in [-0.39, 0.29) is 11.9 Å². The Bertz CT molecular complexity index is 403. The molecule has 0 aliphatic carbocycles. The molecule has 0 aromatic heterocycles. The van der Waals surface area contributed by atoms with E-state index in [1.54, 1.807) is 6.21 Å². The van der Waals surface area contributed by atoms with Crippen LogP contribution >= 0.6 is 15.9 Å². The van der Waals surface area contributed by atoms with E-state index >= 15 is 0 Å². The second-order valence-corrected chi connectivity index (χ2v) is 4.34. The fraction of sp³-hybridized carbons (Fsp3) is 0.273. The van der Waals surface area contributed by atoms with E-state index < -0.39 is 0 Å². The number of carbonyl (C=O) groups is 1. The standard InChI is InChI=1S/C11H11BrN2O/c12-9-3-1-2-8(6-9)7-14-10-4-5-13-11(10)15/h1-3,6-7,10H,4-5H2,(H,13,15)/b14-7+. The van der Waals surface area contributed by atoms with Crippen molar-refractivity contribution in [2.75, 3.05) is 6.54 Å². The van der Waals surface area contributed by atoms with Crippen LogP contribution in [-0.4, -0.2) is 24.7 Å². The molecule has 0 spiro atoms. The topological polar surface area (TPSA) is 41.5 Å². The Hall–Kier alpha value is -1.16. The summed E-state index contributed by atoms with van der Waals surface area (Å²) in [5.41, 5.74) is 1.00.